The number of nitrogens with zero attached hydrogens (tertiary/aromatic N) is 1. The summed E-state index contributed by atoms with van der Waals surface area (Å²) in [5.74, 6) is 0.157. The Morgan fingerprint density at radius 3 is 2.20 bits per heavy atom. The maximum atomic E-state index is 13.1. The highest BCUT2D eigenvalue weighted by Gasteiger charge is 2.33. The van der Waals surface area contributed by atoms with Gasteiger partial charge in [0.25, 0.3) is 5.91 Å². The molecule has 1 N–H and O–H groups in total. The first-order valence-corrected chi connectivity index (χ1v) is 10.0. The standard InChI is InChI=1S/C25H24N2O3/c1-17-13-14-22-21(15-17)27(25(29)18(2)30-22)16-23(28)26-24(19-9-5-3-6-10-19)20-11-7-4-8-12-20/h3-15,18,24H,16H2,1-2H3,(H,26,28). The van der Waals surface area contributed by atoms with E-state index in [9.17, 15) is 9.59 Å². The number of ether oxygens (including phenoxy) is 1. The largest absolute Gasteiger partial charge is 0.479 e. The molecule has 0 fully saturated rings. The number of fused-ring (bicyclic) bond motifs is 1. The minimum absolute atomic E-state index is 0.0703. The summed E-state index contributed by atoms with van der Waals surface area (Å²) in [7, 11) is 0. The first-order valence-electron chi connectivity index (χ1n) is 10.0. The van der Waals surface area contributed by atoms with Gasteiger partial charge in [0.15, 0.2) is 6.10 Å². The summed E-state index contributed by atoms with van der Waals surface area (Å²) in [4.78, 5) is 27.4. The third-order valence-electron chi connectivity index (χ3n) is 5.20. The quantitative estimate of drug-likeness (QED) is 0.704. The number of amides is 2. The zero-order valence-corrected chi connectivity index (χ0v) is 17.0. The van der Waals surface area contributed by atoms with Gasteiger partial charge >= 0.3 is 0 Å². The van der Waals surface area contributed by atoms with Gasteiger partial charge in [-0.25, -0.2) is 0 Å². The molecule has 0 spiro atoms. The number of nitrogens with one attached hydrogen (secondary N) is 1. The monoisotopic (exact) mass is 400 g/mol. The average Bonchev–Trinajstić information content (AvgIpc) is 2.77. The van der Waals surface area contributed by atoms with Crippen LogP contribution < -0.4 is 15.0 Å². The number of carbonyl (C=O) groups is 2. The number of benzene rings is 3. The zero-order valence-electron chi connectivity index (χ0n) is 17.0. The van der Waals surface area contributed by atoms with Gasteiger partial charge in [0, 0.05) is 0 Å². The summed E-state index contributed by atoms with van der Waals surface area (Å²) in [6.45, 7) is 3.58. The molecule has 0 radical (unpaired) electrons. The molecule has 1 atom stereocenters. The van der Waals surface area contributed by atoms with E-state index in [1.807, 2.05) is 85.8 Å². The van der Waals surface area contributed by atoms with Crippen molar-refractivity contribution in [1.82, 2.24) is 5.32 Å². The zero-order chi connectivity index (χ0) is 21.1. The number of carbonyl (C=O) groups excluding carboxylic acids is 2. The van der Waals surface area contributed by atoms with Crippen molar-refractivity contribution in [3.8, 4) is 5.75 Å². The lowest BCUT2D eigenvalue weighted by atomic mass is 9.98. The van der Waals surface area contributed by atoms with Crippen molar-refractivity contribution in [3.05, 3.63) is 95.6 Å². The fourth-order valence-corrected chi connectivity index (χ4v) is 3.68. The van der Waals surface area contributed by atoms with Crippen LogP contribution in [0.1, 0.15) is 29.7 Å². The van der Waals surface area contributed by atoms with Gasteiger partial charge in [0.2, 0.25) is 5.91 Å². The van der Waals surface area contributed by atoms with Crippen LogP contribution in [0.25, 0.3) is 0 Å². The fraction of sp³-hybridized carbons (Fsp3) is 0.200. The number of anilines is 1. The summed E-state index contributed by atoms with van der Waals surface area (Å²) in [5.41, 5.74) is 3.59. The molecule has 3 aromatic rings. The molecule has 0 saturated carbocycles. The summed E-state index contributed by atoms with van der Waals surface area (Å²) < 4.78 is 5.71. The minimum atomic E-state index is -0.632. The molecule has 3 aromatic carbocycles. The van der Waals surface area contributed by atoms with E-state index in [-0.39, 0.29) is 24.4 Å². The molecule has 1 aliphatic heterocycles. The van der Waals surface area contributed by atoms with Crippen LogP contribution in [0.15, 0.2) is 78.9 Å². The lowest BCUT2D eigenvalue weighted by Crippen LogP contribution is -2.49. The Hall–Kier alpha value is -3.60. The molecule has 0 aromatic heterocycles. The van der Waals surface area contributed by atoms with Gasteiger partial charge in [-0.3, -0.25) is 14.5 Å². The summed E-state index contributed by atoms with van der Waals surface area (Å²) >= 11 is 0. The average molecular weight is 400 g/mol. The van der Waals surface area contributed by atoms with Gasteiger partial charge in [0.1, 0.15) is 12.3 Å². The Kier molecular flexibility index (Phi) is 5.53. The van der Waals surface area contributed by atoms with E-state index in [1.54, 1.807) is 6.92 Å². The van der Waals surface area contributed by atoms with Gasteiger partial charge in [0.05, 0.1) is 11.7 Å². The normalized spacial score (nSPS) is 15.5. The Labute approximate surface area is 176 Å². The molecular weight excluding hydrogens is 376 g/mol. The van der Waals surface area contributed by atoms with Crippen LogP contribution in [0.2, 0.25) is 0 Å². The molecule has 0 aliphatic carbocycles. The molecule has 1 aliphatic rings. The van der Waals surface area contributed by atoms with Gasteiger partial charge in [-0.2, -0.15) is 0 Å². The Morgan fingerprint density at radius 2 is 1.60 bits per heavy atom. The molecular formula is C25H24N2O3. The molecule has 0 saturated heterocycles. The van der Waals surface area contributed by atoms with Crippen molar-refractivity contribution in [2.45, 2.75) is 26.0 Å². The van der Waals surface area contributed by atoms with Gasteiger partial charge < -0.3 is 10.1 Å². The number of hydrogen-bond donors (Lipinski definition) is 1. The Bertz CT molecular complexity index is 1010. The molecule has 1 heterocycles. The topological polar surface area (TPSA) is 58.6 Å². The van der Waals surface area contributed by atoms with Crippen LogP contribution in [-0.2, 0) is 9.59 Å². The molecule has 152 valence electrons. The number of hydrogen-bond acceptors (Lipinski definition) is 3. The second-order valence-electron chi connectivity index (χ2n) is 7.48. The van der Waals surface area contributed by atoms with Crippen molar-refractivity contribution in [2.24, 2.45) is 0 Å². The lowest BCUT2D eigenvalue weighted by Gasteiger charge is -2.33. The highest BCUT2D eigenvalue weighted by Crippen LogP contribution is 2.34. The molecule has 0 bridgehead atoms. The predicted molar refractivity (Wildman–Crippen MR) is 116 cm³/mol. The van der Waals surface area contributed by atoms with E-state index in [4.69, 9.17) is 4.74 Å². The third kappa shape index (κ3) is 4.06. The fourth-order valence-electron chi connectivity index (χ4n) is 3.68. The van der Waals surface area contributed by atoms with Crippen molar-refractivity contribution in [1.29, 1.82) is 0 Å². The predicted octanol–water partition coefficient (Wildman–Crippen LogP) is 4.01. The molecule has 1 unspecified atom stereocenters. The molecule has 2 amide bonds. The van der Waals surface area contributed by atoms with E-state index >= 15 is 0 Å². The first-order chi connectivity index (χ1) is 14.5. The molecule has 30 heavy (non-hydrogen) atoms. The van der Waals surface area contributed by atoms with E-state index < -0.39 is 6.10 Å². The maximum absolute atomic E-state index is 13.1. The molecule has 5 heteroatoms. The van der Waals surface area contributed by atoms with Crippen molar-refractivity contribution < 1.29 is 14.3 Å². The third-order valence-corrected chi connectivity index (χ3v) is 5.20. The van der Waals surface area contributed by atoms with Crippen LogP contribution in [0, 0.1) is 6.92 Å². The van der Waals surface area contributed by atoms with Gasteiger partial charge in [-0.1, -0.05) is 66.7 Å². The Balaban J connectivity index is 1.60. The van der Waals surface area contributed by atoms with Gasteiger partial charge in [-0.05, 0) is 42.7 Å². The number of rotatable bonds is 5. The van der Waals surface area contributed by atoms with Crippen molar-refractivity contribution >= 4 is 17.5 Å². The summed E-state index contributed by atoms with van der Waals surface area (Å²) in [5, 5.41) is 3.10. The minimum Gasteiger partial charge on any atom is -0.479 e. The van der Waals surface area contributed by atoms with E-state index in [0.29, 0.717) is 11.4 Å². The smallest absolute Gasteiger partial charge is 0.268 e. The van der Waals surface area contributed by atoms with E-state index in [1.165, 1.54) is 4.90 Å². The van der Waals surface area contributed by atoms with Crippen LogP contribution in [0.3, 0.4) is 0 Å². The van der Waals surface area contributed by atoms with E-state index in [0.717, 1.165) is 16.7 Å². The lowest BCUT2D eigenvalue weighted by molar-refractivity contribution is -0.128. The molecule has 5 nitrogen and oxygen atoms in total. The second kappa shape index (κ2) is 8.41. The first kappa shape index (κ1) is 19.7. The summed E-state index contributed by atoms with van der Waals surface area (Å²) in [6, 6.07) is 25.0. The van der Waals surface area contributed by atoms with Crippen LogP contribution in [0.5, 0.6) is 5.75 Å². The number of aryl methyl sites for hydroxylation is 1. The van der Waals surface area contributed by atoms with Crippen molar-refractivity contribution in [3.63, 3.8) is 0 Å². The Morgan fingerprint density at radius 1 is 1.00 bits per heavy atom. The highest BCUT2D eigenvalue weighted by atomic mass is 16.5. The van der Waals surface area contributed by atoms with Crippen LogP contribution >= 0.6 is 0 Å². The molecule has 4 rings (SSSR count). The maximum Gasteiger partial charge on any atom is 0.268 e. The second-order valence-corrected chi connectivity index (χ2v) is 7.48. The van der Waals surface area contributed by atoms with Gasteiger partial charge in [-0.15, -0.1) is 0 Å². The highest BCUT2D eigenvalue weighted by molar-refractivity contribution is 6.03. The van der Waals surface area contributed by atoms with E-state index in [2.05, 4.69) is 5.32 Å². The van der Waals surface area contributed by atoms with Crippen LogP contribution in [0.4, 0.5) is 5.69 Å². The summed E-state index contributed by atoms with van der Waals surface area (Å²) in [6.07, 6.45) is -0.632. The SMILES string of the molecule is Cc1ccc2c(c1)N(CC(=O)NC(c1ccccc1)c1ccccc1)C(=O)C(C)O2. The van der Waals surface area contributed by atoms with Crippen molar-refractivity contribution in [2.75, 3.05) is 11.4 Å². The van der Waals surface area contributed by atoms with Crippen LogP contribution in [-0.4, -0.2) is 24.5 Å².